The highest BCUT2D eigenvalue weighted by Crippen LogP contribution is 2.32. The molecule has 0 fully saturated rings. The van der Waals surface area contributed by atoms with Gasteiger partial charge in [0, 0.05) is 17.3 Å². The molecule has 1 amide bonds. The lowest BCUT2D eigenvalue weighted by molar-refractivity contribution is -0.147. The number of aryl methyl sites for hydroxylation is 1. The summed E-state index contributed by atoms with van der Waals surface area (Å²) in [4.78, 5) is 30.3. The van der Waals surface area contributed by atoms with Crippen LogP contribution in [0.25, 0.3) is 0 Å². The van der Waals surface area contributed by atoms with Crippen molar-refractivity contribution < 1.29 is 19.1 Å². The number of amides is 1. The maximum absolute atomic E-state index is 12.3. The number of rotatable bonds is 7. The molecule has 30 heavy (non-hydrogen) atoms. The number of halogens is 1. The first-order valence-corrected chi connectivity index (χ1v) is 10.5. The van der Waals surface area contributed by atoms with E-state index in [0.29, 0.717) is 21.6 Å². The molecule has 0 aliphatic rings. The molecule has 0 aliphatic carbocycles. The topological polar surface area (TPSA) is 68.7 Å². The molecule has 156 valence electrons. The lowest BCUT2D eigenvalue weighted by atomic mass is 10.1. The minimum absolute atomic E-state index is 0.00213. The van der Waals surface area contributed by atoms with E-state index >= 15 is 0 Å². The fourth-order valence-corrected chi connectivity index (χ4v) is 3.71. The van der Waals surface area contributed by atoms with Gasteiger partial charge in [-0.2, -0.15) is 0 Å². The van der Waals surface area contributed by atoms with Crippen LogP contribution in [0.3, 0.4) is 0 Å². The lowest BCUT2D eigenvalue weighted by Gasteiger charge is -2.21. The number of hydrogen-bond donors (Lipinski definition) is 0. The summed E-state index contributed by atoms with van der Waals surface area (Å²) in [5, 5.41) is 2.88. The maximum atomic E-state index is 12.3. The average Bonchev–Trinajstić information content (AvgIpc) is 3.17. The molecule has 0 radical (unpaired) electrons. The summed E-state index contributed by atoms with van der Waals surface area (Å²) in [6.07, 6.45) is 0. The minimum Gasteiger partial charge on any atom is -0.482 e. The third-order valence-corrected chi connectivity index (χ3v) is 5.54. The van der Waals surface area contributed by atoms with Gasteiger partial charge in [-0.1, -0.05) is 23.7 Å². The van der Waals surface area contributed by atoms with Gasteiger partial charge in [0.05, 0.1) is 11.4 Å². The van der Waals surface area contributed by atoms with Crippen LogP contribution in [-0.2, 0) is 20.9 Å². The quantitative estimate of drug-likeness (QED) is 0.467. The first kappa shape index (κ1) is 21.8. The van der Waals surface area contributed by atoms with E-state index in [4.69, 9.17) is 21.1 Å². The van der Waals surface area contributed by atoms with Crippen LogP contribution in [0.2, 0.25) is 5.02 Å². The fraction of sp³-hybridized carbons (Fsp3) is 0.227. The predicted molar refractivity (Wildman–Crippen MR) is 118 cm³/mol. The van der Waals surface area contributed by atoms with Crippen LogP contribution in [0.4, 0.5) is 10.8 Å². The van der Waals surface area contributed by atoms with Crippen LogP contribution in [0, 0.1) is 13.8 Å². The molecule has 3 aromatic rings. The van der Waals surface area contributed by atoms with E-state index in [1.54, 1.807) is 34.5 Å². The van der Waals surface area contributed by atoms with E-state index in [1.165, 1.54) is 18.3 Å². The second kappa shape index (κ2) is 9.73. The smallest absolute Gasteiger partial charge is 0.344 e. The number of aromatic nitrogens is 1. The molecule has 0 atom stereocenters. The maximum Gasteiger partial charge on any atom is 0.344 e. The second-order valence-corrected chi connectivity index (χ2v) is 7.87. The minimum atomic E-state index is -0.516. The van der Waals surface area contributed by atoms with Crippen molar-refractivity contribution >= 4 is 45.6 Å². The van der Waals surface area contributed by atoms with E-state index in [-0.39, 0.29) is 19.1 Å². The Morgan fingerprint density at radius 3 is 2.57 bits per heavy atom. The third-order valence-electron chi connectivity index (χ3n) is 4.41. The van der Waals surface area contributed by atoms with Gasteiger partial charge in [-0.05, 0) is 55.3 Å². The molecule has 0 aliphatic heterocycles. The molecule has 6 nitrogen and oxygen atoms in total. The molecule has 0 unspecified atom stereocenters. The fourth-order valence-electron chi connectivity index (χ4n) is 2.72. The number of anilines is 2. The van der Waals surface area contributed by atoms with Gasteiger partial charge in [-0.3, -0.25) is 9.69 Å². The summed E-state index contributed by atoms with van der Waals surface area (Å²) in [6.45, 7) is 5.24. The van der Waals surface area contributed by atoms with Crippen molar-refractivity contribution in [2.45, 2.75) is 27.4 Å². The number of benzene rings is 2. The molecular weight excluding hydrogens is 424 g/mol. The van der Waals surface area contributed by atoms with Crippen molar-refractivity contribution in [3.63, 3.8) is 0 Å². The monoisotopic (exact) mass is 444 g/mol. The zero-order chi connectivity index (χ0) is 21.7. The molecule has 0 saturated heterocycles. The Morgan fingerprint density at radius 1 is 1.13 bits per heavy atom. The Labute approximate surface area is 184 Å². The van der Waals surface area contributed by atoms with Crippen LogP contribution in [0.1, 0.15) is 23.7 Å². The Kier molecular flexibility index (Phi) is 7.07. The molecule has 1 aromatic heterocycles. The normalized spacial score (nSPS) is 10.5. The van der Waals surface area contributed by atoms with Crippen LogP contribution in [-0.4, -0.2) is 23.5 Å². The SMILES string of the molecule is CC(=O)N(c1nc(COC(=O)COc2ccc(Cl)cc2)cs1)c1cccc(C)c1C. The molecule has 0 N–H and O–H groups in total. The number of ether oxygens (including phenoxy) is 2. The standard InChI is InChI=1S/C22H21ClN2O4S/c1-14-5-4-6-20(15(14)2)25(16(3)26)22-24-18(13-30-22)11-29-21(27)12-28-19-9-7-17(23)8-10-19/h4-10,13H,11-12H2,1-3H3. The number of carbonyl (C=O) groups is 2. The van der Waals surface area contributed by atoms with Crippen molar-refractivity contribution in [1.82, 2.24) is 4.98 Å². The highest BCUT2D eigenvalue weighted by molar-refractivity contribution is 7.14. The van der Waals surface area contributed by atoms with Crippen LogP contribution < -0.4 is 9.64 Å². The Hall–Kier alpha value is -2.90. The van der Waals surface area contributed by atoms with Crippen molar-refractivity contribution in [2.75, 3.05) is 11.5 Å². The summed E-state index contributed by atoms with van der Waals surface area (Å²) in [5.41, 5.74) is 3.45. The van der Waals surface area contributed by atoms with Crippen molar-refractivity contribution in [3.05, 3.63) is 69.7 Å². The number of nitrogens with zero attached hydrogens (tertiary/aromatic N) is 2. The van der Waals surface area contributed by atoms with Crippen molar-refractivity contribution in [1.29, 1.82) is 0 Å². The summed E-state index contributed by atoms with van der Waals surface area (Å²) < 4.78 is 10.6. The van der Waals surface area contributed by atoms with Gasteiger partial charge >= 0.3 is 5.97 Å². The molecule has 2 aromatic carbocycles. The Balaban J connectivity index is 1.62. The van der Waals surface area contributed by atoms with Crippen LogP contribution >= 0.6 is 22.9 Å². The second-order valence-electron chi connectivity index (χ2n) is 6.60. The highest BCUT2D eigenvalue weighted by Gasteiger charge is 2.20. The molecule has 3 rings (SSSR count). The highest BCUT2D eigenvalue weighted by atomic mass is 35.5. The predicted octanol–water partition coefficient (Wildman–Crippen LogP) is 5.22. The van der Waals surface area contributed by atoms with Gasteiger partial charge < -0.3 is 9.47 Å². The zero-order valence-electron chi connectivity index (χ0n) is 16.8. The van der Waals surface area contributed by atoms with Gasteiger partial charge in [0.25, 0.3) is 0 Å². The largest absolute Gasteiger partial charge is 0.482 e. The third kappa shape index (κ3) is 5.37. The number of thiazole rings is 1. The first-order chi connectivity index (χ1) is 14.3. The van der Waals surface area contributed by atoms with E-state index in [0.717, 1.165) is 16.8 Å². The van der Waals surface area contributed by atoms with Crippen LogP contribution in [0.15, 0.2) is 47.8 Å². The summed E-state index contributed by atoms with van der Waals surface area (Å²) in [7, 11) is 0. The molecular formula is C22H21ClN2O4S. The van der Waals surface area contributed by atoms with Crippen molar-refractivity contribution in [3.8, 4) is 5.75 Å². The van der Waals surface area contributed by atoms with Gasteiger partial charge in [0.15, 0.2) is 11.7 Å². The number of esters is 1. The van der Waals surface area contributed by atoms with Gasteiger partial charge in [0.1, 0.15) is 12.4 Å². The molecule has 0 spiro atoms. The van der Waals surface area contributed by atoms with Gasteiger partial charge in [-0.25, -0.2) is 9.78 Å². The molecule has 8 heteroatoms. The van der Waals surface area contributed by atoms with Crippen LogP contribution in [0.5, 0.6) is 5.75 Å². The van der Waals surface area contributed by atoms with E-state index in [9.17, 15) is 9.59 Å². The number of carbonyl (C=O) groups excluding carboxylic acids is 2. The van der Waals surface area contributed by atoms with E-state index in [1.807, 2.05) is 32.0 Å². The molecule has 0 bridgehead atoms. The lowest BCUT2D eigenvalue weighted by Crippen LogP contribution is -2.23. The molecule has 0 saturated carbocycles. The molecule has 1 heterocycles. The van der Waals surface area contributed by atoms with E-state index < -0.39 is 5.97 Å². The first-order valence-electron chi connectivity index (χ1n) is 9.20. The van der Waals surface area contributed by atoms with Gasteiger partial charge in [-0.15, -0.1) is 11.3 Å². The summed E-state index contributed by atoms with van der Waals surface area (Å²) >= 11 is 7.13. The van der Waals surface area contributed by atoms with Crippen molar-refractivity contribution in [2.24, 2.45) is 0 Å². The van der Waals surface area contributed by atoms with E-state index in [2.05, 4.69) is 4.98 Å². The van der Waals surface area contributed by atoms with Gasteiger partial charge in [0.2, 0.25) is 5.91 Å². The summed E-state index contributed by atoms with van der Waals surface area (Å²) in [6, 6.07) is 12.5. The Bertz CT molecular complexity index is 1050. The average molecular weight is 445 g/mol. The Morgan fingerprint density at radius 2 is 1.87 bits per heavy atom. The zero-order valence-corrected chi connectivity index (χ0v) is 18.4. The summed E-state index contributed by atoms with van der Waals surface area (Å²) in [5.74, 6) is -0.131. The number of hydrogen-bond acceptors (Lipinski definition) is 6.